The number of carbonyl (C=O) groups is 2. The lowest BCUT2D eigenvalue weighted by Gasteiger charge is -2.10. The Hall–Kier alpha value is -2.66. The van der Waals surface area contributed by atoms with Crippen molar-refractivity contribution in [1.29, 1.82) is 0 Å². The average molecular weight is 385 g/mol. The van der Waals surface area contributed by atoms with E-state index in [1.165, 1.54) is 0 Å². The van der Waals surface area contributed by atoms with Crippen molar-refractivity contribution in [3.05, 3.63) is 88.5 Å². The lowest BCUT2D eigenvalue weighted by Crippen LogP contribution is -2.34. The van der Waals surface area contributed by atoms with Gasteiger partial charge in [0.05, 0.1) is 0 Å². The predicted molar refractivity (Wildman–Crippen MR) is 99.2 cm³/mol. The first-order valence-corrected chi connectivity index (χ1v) is 8.12. The van der Waals surface area contributed by atoms with E-state index in [1.54, 1.807) is 30.4 Å². The van der Waals surface area contributed by atoms with Crippen LogP contribution in [0.1, 0.15) is 15.9 Å². The van der Waals surface area contributed by atoms with E-state index in [-0.39, 0.29) is 17.5 Å². The van der Waals surface area contributed by atoms with Crippen LogP contribution in [0, 0.1) is 0 Å². The number of amides is 2. The Bertz CT molecular complexity index is 770. The van der Waals surface area contributed by atoms with E-state index in [9.17, 15) is 9.59 Å². The number of rotatable bonds is 6. The lowest BCUT2D eigenvalue weighted by atomic mass is 10.1. The molecule has 0 radical (unpaired) electrons. The highest BCUT2D eigenvalue weighted by Crippen LogP contribution is 2.12. The van der Waals surface area contributed by atoms with Gasteiger partial charge in [0.1, 0.15) is 5.70 Å². The molecule has 2 aromatic carbocycles. The van der Waals surface area contributed by atoms with Gasteiger partial charge in [-0.05, 0) is 29.8 Å². The van der Waals surface area contributed by atoms with Crippen molar-refractivity contribution < 1.29 is 9.59 Å². The highest BCUT2D eigenvalue weighted by Gasteiger charge is 2.14. The smallest absolute Gasteiger partial charge is 0.268 e. The third-order valence-electron chi connectivity index (χ3n) is 3.10. The highest BCUT2D eigenvalue weighted by atomic mass is 79.9. The Morgan fingerprint density at radius 1 is 1.08 bits per heavy atom. The van der Waals surface area contributed by atoms with Crippen LogP contribution in [0.3, 0.4) is 0 Å². The lowest BCUT2D eigenvalue weighted by molar-refractivity contribution is -0.117. The second-order valence-corrected chi connectivity index (χ2v) is 5.85. The van der Waals surface area contributed by atoms with Crippen LogP contribution in [0.4, 0.5) is 0 Å². The standard InChI is InChI=1S/C19H17BrN2O2/c1-2-11-21-19(24)17(12-14-7-4-3-5-8-14)22-18(23)15-9-6-10-16(20)13-15/h2-10,12-13H,1,11H2,(H,21,24)(H,22,23)/b17-12-. The molecule has 0 aliphatic heterocycles. The fraction of sp³-hybridized carbons (Fsp3) is 0.0526. The van der Waals surface area contributed by atoms with E-state index >= 15 is 0 Å². The van der Waals surface area contributed by atoms with Gasteiger partial charge in [0.2, 0.25) is 0 Å². The van der Waals surface area contributed by atoms with Gasteiger partial charge in [0.15, 0.2) is 0 Å². The van der Waals surface area contributed by atoms with Crippen molar-refractivity contribution in [2.75, 3.05) is 6.54 Å². The summed E-state index contributed by atoms with van der Waals surface area (Å²) in [5.41, 5.74) is 1.45. The molecule has 4 nitrogen and oxygen atoms in total. The molecule has 0 saturated carbocycles. The summed E-state index contributed by atoms with van der Waals surface area (Å²) >= 11 is 3.33. The van der Waals surface area contributed by atoms with Gasteiger partial charge in [-0.3, -0.25) is 9.59 Å². The van der Waals surface area contributed by atoms with Crippen LogP contribution in [-0.2, 0) is 4.79 Å². The molecule has 0 aromatic heterocycles. The minimum atomic E-state index is -0.373. The molecule has 0 unspecified atom stereocenters. The molecule has 0 atom stereocenters. The Kier molecular flexibility index (Phi) is 6.51. The molecule has 24 heavy (non-hydrogen) atoms. The summed E-state index contributed by atoms with van der Waals surface area (Å²) in [4.78, 5) is 24.7. The minimum absolute atomic E-state index is 0.174. The van der Waals surface area contributed by atoms with Crippen LogP contribution in [0.2, 0.25) is 0 Å². The molecule has 122 valence electrons. The van der Waals surface area contributed by atoms with Crippen molar-refractivity contribution in [2.45, 2.75) is 0 Å². The molecule has 2 rings (SSSR count). The SMILES string of the molecule is C=CCNC(=O)/C(=C/c1ccccc1)NC(=O)c1cccc(Br)c1. The maximum absolute atomic E-state index is 12.4. The van der Waals surface area contributed by atoms with Crippen molar-refractivity contribution in [1.82, 2.24) is 10.6 Å². The number of halogens is 1. The zero-order valence-electron chi connectivity index (χ0n) is 13.0. The Balaban J connectivity index is 2.25. The second kappa shape index (κ2) is 8.84. The molecule has 2 aromatic rings. The first-order chi connectivity index (χ1) is 11.6. The molecule has 0 fully saturated rings. The molecular weight excluding hydrogens is 368 g/mol. The van der Waals surface area contributed by atoms with Crippen LogP contribution >= 0.6 is 15.9 Å². The van der Waals surface area contributed by atoms with Crippen molar-refractivity contribution in [2.24, 2.45) is 0 Å². The van der Waals surface area contributed by atoms with Gasteiger partial charge in [-0.15, -0.1) is 6.58 Å². The molecule has 0 heterocycles. The largest absolute Gasteiger partial charge is 0.347 e. The third kappa shape index (κ3) is 5.21. The summed E-state index contributed by atoms with van der Waals surface area (Å²) < 4.78 is 0.792. The van der Waals surface area contributed by atoms with E-state index < -0.39 is 0 Å². The quantitative estimate of drug-likeness (QED) is 0.591. The first kappa shape index (κ1) is 17.7. The molecule has 0 bridgehead atoms. The average Bonchev–Trinajstić information content (AvgIpc) is 2.60. The first-order valence-electron chi connectivity index (χ1n) is 7.33. The van der Waals surface area contributed by atoms with Crippen molar-refractivity contribution in [3.8, 4) is 0 Å². The van der Waals surface area contributed by atoms with Crippen LogP contribution in [0.25, 0.3) is 6.08 Å². The van der Waals surface area contributed by atoms with Gasteiger partial charge in [-0.25, -0.2) is 0 Å². The number of carbonyl (C=O) groups excluding carboxylic acids is 2. The van der Waals surface area contributed by atoms with Gasteiger partial charge in [0.25, 0.3) is 11.8 Å². The summed E-state index contributed by atoms with van der Waals surface area (Å²) in [6.07, 6.45) is 3.21. The van der Waals surface area contributed by atoms with E-state index in [0.717, 1.165) is 10.0 Å². The molecule has 0 aliphatic rings. The number of benzene rings is 2. The topological polar surface area (TPSA) is 58.2 Å². The normalized spacial score (nSPS) is 10.8. The molecule has 0 spiro atoms. The minimum Gasteiger partial charge on any atom is -0.347 e. The van der Waals surface area contributed by atoms with Crippen molar-refractivity contribution >= 4 is 33.8 Å². The van der Waals surface area contributed by atoms with E-state index in [1.807, 2.05) is 36.4 Å². The Morgan fingerprint density at radius 3 is 2.50 bits per heavy atom. The number of hydrogen-bond donors (Lipinski definition) is 2. The highest BCUT2D eigenvalue weighted by molar-refractivity contribution is 9.10. The molecule has 2 N–H and O–H groups in total. The molecule has 0 saturated heterocycles. The van der Waals surface area contributed by atoms with Gasteiger partial charge >= 0.3 is 0 Å². The third-order valence-corrected chi connectivity index (χ3v) is 3.59. The Labute approximate surface area is 149 Å². The monoisotopic (exact) mass is 384 g/mol. The predicted octanol–water partition coefficient (Wildman–Crippen LogP) is 3.52. The van der Waals surface area contributed by atoms with Gasteiger partial charge in [-0.1, -0.05) is 58.4 Å². The fourth-order valence-corrected chi connectivity index (χ4v) is 2.36. The molecule has 0 aliphatic carbocycles. The van der Waals surface area contributed by atoms with Crippen LogP contribution in [0.15, 0.2) is 77.4 Å². The molecule has 2 amide bonds. The summed E-state index contributed by atoms with van der Waals surface area (Å²) in [6, 6.07) is 16.3. The fourth-order valence-electron chi connectivity index (χ4n) is 1.96. The van der Waals surface area contributed by atoms with Crippen LogP contribution < -0.4 is 10.6 Å². The zero-order chi connectivity index (χ0) is 17.4. The van der Waals surface area contributed by atoms with Crippen LogP contribution in [0.5, 0.6) is 0 Å². The maximum atomic E-state index is 12.4. The van der Waals surface area contributed by atoms with Gasteiger partial charge < -0.3 is 10.6 Å². The summed E-state index contributed by atoms with van der Waals surface area (Å²) in [5.74, 6) is -0.727. The zero-order valence-corrected chi connectivity index (χ0v) is 14.5. The summed E-state index contributed by atoms with van der Waals surface area (Å²) in [6.45, 7) is 3.88. The molecular formula is C19H17BrN2O2. The van der Waals surface area contributed by atoms with Gasteiger partial charge in [-0.2, -0.15) is 0 Å². The summed E-state index contributed by atoms with van der Waals surface area (Å²) in [7, 11) is 0. The van der Waals surface area contributed by atoms with Crippen molar-refractivity contribution in [3.63, 3.8) is 0 Å². The second-order valence-electron chi connectivity index (χ2n) is 4.93. The maximum Gasteiger partial charge on any atom is 0.268 e. The van der Waals surface area contributed by atoms with Crippen LogP contribution in [-0.4, -0.2) is 18.4 Å². The number of nitrogens with one attached hydrogen (secondary N) is 2. The molecule has 5 heteroatoms. The summed E-state index contributed by atoms with van der Waals surface area (Å²) in [5, 5.41) is 5.34. The van der Waals surface area contributed by atoms with E-state index in [0.29, 0.717) is 12.1 Å². The van der Waals surface area contributed by atoms with E-state index in [4.69, 9.17) is 0 Å². The Morgan fingerprint density at radius 2 is 1.83 bits per heavy atom. The van der Waals surface area contributed by atoms with Gasteiger partial charge in [0, 0.05) is 16.6 Å². The number of hydrogen-bond acceptors (Lipinski definition) is 2. The van der Waals surface area contributed by atoms with E-state index in [2.05, 4.69) is 33.1 Å².